The normalized spacial score (nSPS) is 17.2. The number of benzene rings is 1. The van der Waals surface area contributed by atoms with Crippen molar-refractivity contribution in [1.82, 2.24) is 25.1 Å². The first-order chi connectivity index (χ1) is 13.8. The molecule has 1 saturated heterocycles. The first-order valence-corrected chi connectivity index (χ1v) is 9.53. The first-order valence-electron chi connectivity index (χ1n) is 9.53. The Kier molecular flexibility index (Phi) is 4.20. The zero-order valence-corrected chi connectivity index (χ0v) is 15.6. The Bertz CT molecular complexity index is 1110. The molecule has 1 unspecified atom stereocenters. The van der Waals surface area contributed by atoms with Crippen LogP contribution in [0.1, 0.15) is 37.0 Å². The van der Waals surface area contributed by atoms with Crippen molar-refractivity contribution in [2.24, 2.45) is 0 Å². The third kappa shape index (κ3) is 2.98. The van der Waals surface area contributed by atoms with Crippen LogP contribution in [0, 0.1) is 6.92 Å². The van der Waals surface area contributed by atoms with Crippen molar-refractivity contribution in [3.8, 4) is 11.4 Å². The van der Waals surface area contributed by atoms with Gasteiger partial charge in [0.15, 0.2) is 11.6 Å². The third-order valence-electron chi connectivity index (χ3n) is 5.12. The lowest BCUT2D eigenvalue weighted by molar-refractivity contribution is 0.372. The maximum Gasteiger partial charge on any atom is 0.223 e. The summed E-state index contributed by atoms with van der Waals surface area (Å²) < 4.78 is 5.25. The quantitative estimate of drug-likeness (QED) is 0.535. The molecule has 7 nitrogen and oxygen atoms in total. The Labute approximate surface area is 162 Å². The summed E-state index contributed by atoms with van der Waals surface area (Å²) in [5.74, 6) is 2.90. The van der Waals surface area contributed by atoms with Gasteiger partial charge in [-0.25, -0.2) is 9.97 Å². The van der Waals surface area contributed by atoms with Crippen LogP contribution < -0.4 is 4.90 Å². The molecule has 1 aliphatic heterocycles. The summed E-state index contributed by atoms with van der Waals surface area (Å²) in [6.45, 7) is 2.72. The molecule has 0 saturated carbocycles. The zero-order chi connectivity index (χ0) is 18.9. The van der Waals surface area contributed by atoms with Crippen LogP contribution in [0.25, 0.3) is 22.3 Å². The fourth-order valence-corrected chi connectivity index (χ4v) is 3.81. The molecule has 0 N–H and O–H groups in total. The van der Waals surface area contributed by atoms with Crippen molar-refractivity contribution >= 4 is 16.7 Å². The predicted octanol–water partition coefficient (Wildman–Crippen LogP) is 4.11. The van der Waals surface area contributed by atoms with Gasteiger partial charge in [-0.3, -0.25) is 4.98 Å². The Morgan fingerprint density at radius 3 is 2.79 bits per heavy atom. The molecule has 0 spiro atoms. The molecule has 3 aromatic heterocycles. The largest absolute Gasteiger partial charge is 0.346 e. The monoisotopic (exact) mass is 372 g/mol. The van der Waals surface area contributed by atoms with Gasteiger partial charge >= 0.3 is 0 Å². The van der Waals surface area contributed by atoms with Crippen LogP contribution in [0.3, 0.4) is 0 Å². The summed E-state index contributed by atoms with van der Waals surface area (Å²) >= 11 is 0. The second-order valence-corrected chi connectivity index (χ2v) is 7.01. The van der Waals surface area contributed by atoms with E-state index < -0.39 is 0 Å². The highest BCUT2D eigenvalue weighted by Crippen LogP contribution is 2.37. The van der Waals surface area contributed by atoms with Gasteiger partial charge in [0.25, 0.3) is 0 Å². The summed E-state index contributed by atoms with van der Waals surface area (Å²) in [6, 6.07) is 12.1. The Balaban J connectivity index is 1.68. The lowest BCUT2D eigenvalue weighted by atomic mass is 10.0. The van der Waals surface area contributed by atoms with E-state index in [2.05, 4.69) is 26.1 Å². The van der Waals surface area contributed by atoms with E-state index in [1.54, 1.807) is 12.4 Å². The predicted molar refractivity (Wildman–Crippen MR) is 106 cm³/mol. The van der Waals surface area contributed by atoms with Gasteiger partial charge in [-0.15, -0.1) is 0 Å². The Hall–Kier alpha value is -3.35. The van der Waals surface area contributed by atoms with Gasteiger partial charge in [-0.2, -0.15) is 4.98 Å². The number of nitrogens with zero attached hydrogens (tertiary/aromatic N) is 6. The Morgan fingerprint density at radius 2 is 1.96 bits per heavy atom. The number of fused-ring (bicyclic) bond motifs is 1. The van der Waals surface area contributed by atoms with Crippen molar-refractivity contribution in [2.75, 3.05) is 11.4 Å². The molecule has 1 atom stereocenters. The summed E-state index contributed by atoms with van der Waals surface area (Å²) in [6.07, 6.45) is 6.76. The van der Waals surface area contributed by atoms with E-state index in [0.29, 0.717) is 11.7 Å². The van der Waals surface area contributed by atoms with Crippen molar-refractivity contribution in [1.29, 1.82) is 0 Å². The summed E-state index contributed by atoms with van der Waals surface area (Å²) in [5.41, 5.74) is 1.82. The van der Waals surface area contributed by atoms with E-state index in [0.717, 1.165) is 53.9 Å². The van der Waals surface area contributed by atoms with Crippen LogP contribution in [0.15, 0.2) is 53.3 Å². The van der Waals surface area contributed by atoms with Gasteiger partial charge in [-0.1, -0.05) is 17.3 Å². The van der Waals surface area contributed by atoms with Gasteiger partial charge < -0.3 is 9.42 Å². The van der Waals surface area contributed by atoms with E-state index in [4.69, 9.17) is 14.5 Å². The second kappa shape index (κ2) is 6.99. The van der Waals surface area contributed by atoms with Crippen molar-refractivity contribution in [3.63, 3.8) is 0 Å². The van der Waals surface area contributed by atoms with Gasteiger partial charge in [0.2, 0.25) is 5.89 Å². The van der Waals surface area contributed by atoms with Crippen LogP contribution >= 0.6 is 0 Å². The molecule has 4 heterocycles. The highest BCUT2D eigenvalue weighted by molar-refractivity contribution is 5.91. The Morgan fingerprint density at radius 1 is 1.04 bits per heavy atom. The molecule has 0 amide bonds. The zero-order valence-electron chi connectivity index (χ0n) is 15.6. The number of para-hydroxylation sites is 1. The number of piperidine rings is 1. The van der Waals surface area contributed by atoms with Crippen LogP contribution in [0.4, 0.5) is 5.82 Å². The number of rotatable bonds is 3. The molecule has 1 fully saturated rings. The molecule has 1 aliphatic rings. The minimum Gasteiger partial charge on any atom is -0.346 e. The molecular formula is C21H20N6O. The maximum absolute atomic E-state index is 5.25. The number of aryl methyl sites for hydroxylation is 1. The number of hydrogen-bond acceptors (Lipinski definition) is 7. The average Bonchev–Trinajstić information content (AvgIpc) is 3.20. The van der Waals surface area contributed by atoms with Crippen LogP contribution in [-0.4, -0.2) is 31.6 Å². The minimum absolute atomic E-state index is 0.0475. The number of hydrogen-bond donors (Lipinski definition) is 0. The molecule has 28 heavy (non-hydrogen) atoms. The van der Waals surface area contributed by atoms with Crippen LogP contribution in [0.2, 0.25) is 0 Å². The highest BCUT2D eigenvalue weighted by Gasteiger charge is 2.30. The van der Waals surface area contributed by atoms with Gasteiger partial charge in [0.1, 0.15) is 5.82 Å². The smallest absolute Gasteiger partial charge is 0.223 e. The summed E-state index contributed by atoms with van der Waals surface area (Å²) in [7, 11) is 0. The van der Waals surface area contributed by atoms with Crippen molar-refractivity contribution < 1.29 is 4.52 Å². The van der Waals surface area contributed by atoms with Gasteiger partial charge in [0, 0.05) is 36.8 Å². The molecule has 1 aromatic carbocycles. The standard InChI is InChI=1S/C21H20N6O/c1-14-23-20(26-28-14)18-10-4-5-12-27(18)21-16-8-2-3-9-17(16)24-19(25-21)15-7-6-11-22-13-15/h2-3,6-9,11,13,18H,4-5,10,12H2,1H3. The topological polar surface area (TPSA) is 80.8 Å². The SMILES string of the molecule is Cc1nc(C2CCCCN2c2nc(-c3cccnc3)nc3ccccc23)no1. The molecule has 7 heteroatoms. The average molecular weight is 372 g/mol. The van der Waals surface area contributed by atoms with E-state index in [1.807, 2.05) is 37.3 Å². The molecule has 4 aromatic rings. The number of aromatic nitrogens is 5. The minimum atomic E-state index is 0.0475. The number of pyridine rings is 1. The molecule has 140 valence electrons. The molecule has 0 bridgehead atoms. The van der Waals surface area contributed by atoms with E-state index in [1.165, 1.54) is 0 Å². The molecular weight excluding hydrogens is 352 g/mol. The maximum atomic E-state index is 5.25. The van der Waals surface area contributed by atoms with Gasteiger partial charge in [0.05, 0.1) is 11.6 Å². The fourth-order valence-electron chi connectivity index (χ4n) is 3.81. The van der Waals surface area contributed by atoms with E-state index in [9.17, 15) is 0 Å². The molecule has 5 rings (SSSR count). The van der Waals surface area contributed by atoms with Crippen molar-refractivity contribution in [2.45, 2.75) is 32.2 Å². The molecule has 0 aliphatic carbocycles. The summed E-state index contributed by atoms with van der Waals surface area (Å²) in [5, 5.41) is 5.22. The number of anilines is 1. The molecule has 0 radical (unpaired) electrons. The van der Waals surface area contributed by atoms with Gasteiger partial charge in [-0.05, 0) is 43.5 Å². The summed E-state index contributed by atoms with van der Waals surface area (Å²) in [4.78, 5) is 20.8. The highest BCUT2D eigenvalue weighted by atomic mass is 16.5. The third-order valence-corrected chi connectivity index (χ3v) is 5.12. The van der Waals surface area contributed by atoms with E-state index >= 15 is 0 Å². The lowest BCUT2D eigenvalue weighted by Crippen LogP contribution is -2.35. The van der Waals surface area contributed by atoms with Crippen molar-refractivity contribution in [3.05, 3.63) is 60.5 Å². The second-order valence-electron chi connectivity index (χ2n) is 7.01. The lowest BCUT2D eigenvalue weighted by Gasteiger charge is -2.35. The first kappa shape index (κ1) is 16.8. The van der Waals surface area contributed by atoms with Crippen LogP contribution in [0.5, 0.6) is 0 Å². The van der Waals surface area contributed by atoms with E-state index in [-0.39, 0.29) is 6.04 Å². The fraction of sp³-hybridized carbons (Fsp3) is 0.286. The van der Waals surface area contributed by atoms with Crippen LogP contribution in [-0.2, 0) is 0 Å².